The third kappa shape index (κ3) is 2.83. The molecule has 0 heterocycles. The molecule has 0 aliphatic carbocycles. The maximum Gasteiger partial charge on any atom is 0.420 e. The Bertz CT molecular complexity index is 529. The number of benzene rings is 2. The lowest BCUT2D eigenvalue weighted by Gasteiger charge is -2.13. The number of hydrogen-bond donors (Lipinski definition) is 0. The molecule has 0 aliphatic rings. The van der Waals surface area contributed by atoms with Crippen LogP contribution in [-0.2, 0) is 6.18 Å². The number of halogens is 3. The van der Waals surface area contributed by atoms with Crippen LogP contribution in [0.4, 0.5) is 13.2 Å². The average Bonchev–Trinajstić information content (AvgIpc) is 2.31. The second kappa shape index (κ2) is 4.72. The minimum absolute atomic E-state index is 0.217. The number of rotatable bonds is 2. The van der Waals surface area contributed by atoms with Gasteiger partial charge in [-0.15, -0.1) is 0 Å². The predicted octanol–water partition coefficient (Wildman–Crippen LogP) is 4.61. The zero-order valence-electron chi connectivity index (χ0n) is 9.58. The largest absolute Gasteiger partial charge is 0.457 e. The van der Waals surface area contributed by atoms with Gasteiger partial charge in [-0.25, -0.2) is 0 Å². The number of hydrogen-bond acceptors (Lipinski definition) is 1. The number of ether oxygens (including phenoxy) is 1. The maximum atomic E-state index is 12.7. The van der Waals surface area contributed by atoms with Gasteiger partial charge in [0.15, 0.2) is 0 Å². The first-order valence-electron chi connectivity index (χ1n) is 5.28. The number of alkyl halides is 3. The minimum Gasteiger partial charge on any atom is -0.457 e. The standard InChI is InChI=1S/C14H10F3O/c1-10-6-8-11(9-7-10)18-13-5-3-2-4-12(13)14(15,16)17/h3-9H,1H3. The molecule has 0 aromatic heterocycles. The summed E-state index contributed by atoms with van der Waals surface area (Å²) in [6.07, 6.45) is -4.45. The van der Waals surface area contributed by atoms with E-state index in [4.69, 9.17) is 4.74 Å². The van der Waals surface area contributed by atoms with Gasteiger partial charge in [0.25, 0.3) is 0 Å². The van der Waals surface area contributed by atoms with Crippen molar-refractivity contribution < 1.29 is 17.9 Å². The Hall–Kier alpha value is -1.97. The highest BCUT2D eigenvalue weighted by atomic mass is 19.4. The molecule has 1 radical (unpaired) electrons. The second-order valence-corrected chi connectivity index (χ2v) is 3.84. The Morgan fingerprint density at radius 1 is 1.06 bits per heavy atom. The number of aryl methyl sites for hydroxylation is 1. The van der Waals surface area contributed by atoms with Crippen LogP contribution >= 0.6 is 0 Å². The Morgan fingerprint density at radius 2 is 1.72 bits per heavy atom. The van der Waals surface area contributed by atoms with Crippen molar-refractivity contribution in [2.24, 2.45) is 0 Å². The minimum atomic E-state index is -4.45. The van der Waals surface area contributed by atoms with E-state index in [9.17, 15) is 13.2 Å². The fraction of sp³-hybridized carbons (Fsp3) is 0.143. The van der Waals surface area contributed by atoms with E-state index >= 15 is 0 Å². The van der Waals surface area contributed by atoms with E-state index in [0.29, 0.717) is 5.75 Å². The lowest BCUT2D eigenvalue weighted by Crippen LogP contribution is -2.06. The SMILES string of the molecule is Cc1ccc(Oc2cc[c]cc2C(F)(F)F)cc1. The molecule has 2 aromatic carbocycles. The quantitative estimate of drug-likeness (QED) is 0.757. The summed E-state index contributed by atoms with van der Waals surface area (Å²) in [5.41, 5.74) is 0.186. The van der Waals surface area contributed by atoms with Gasteiger partial charge in [0.2, 0.25) is 0 Å². The monoisotopic (exact) mass is 251 g/mol. The normalized spacial score (nSPS) is 11.3. The first kappa shape index (κ1) is 12.5. The van der Waals surface area contributed by atoms with Crippen LogP contribution in [0.3, 0.4) is 0 Å². The third-order valence-corrected chi connectivity index (χ3v) is 2.38. The summed E-state index contributed by atoms with van der Waals surface area (Å²) in [5.74, 6) is 0.155. The topological polar surface area (TPSA) is 9.23 Å². The van der Waals surface area contributed by atoms with E-state index in [1.807, 2.05) is 6.92 Å². The van der Waals surface area contributed by atoms with Crippen LogP contribution in [0.5, 0.6) is 11.5 Å². The highest BCUT2D eigenvalue weighted by molar-refractivity contribution is 5.39. The van der Waals surface area contributed by atoms with Crippen LogP contribution in [-0.4, -0.2) is 0 Å². The van der Waals surface area contributed by atoms with Gasteiger partial charge >= 0.3 is 6.18 Å². The first-order valence-corrected chi connectivity index (χ1v) is 5.28. The smallest absolute Gasteiger partial charge is 0.420 e. The fourth-order valence-electron chi connectivity index (χ4n) is 1.46. The molecule has 0 N–H and O–H groups in total. The van der Waals surface area contributed by atoms with Crippen LogP contribution in [0.25, 0.3) is 0 Å². The Balaban J connectivity index is 2.32. The summed E-state index contributed by atoms with van der Waals surface area (Å²) in [4.78, 5) is 0. The van der Waals surface area contributed by atoms with E-state index in [2.05, 4.69) is 6.07 Å². The Labute approximate surface area is 103 Å². The molecule has 1 nitrogen and oxygen atoms in total. The van der Waals surface area contributed by atoms with Crippen LogP contribution < -0.4 is 4.74 Å². The van der Waals surface area contributed by atoms with E-state index < -0.39 is 11.7 Å². The zero-order chi connectivity index (χ0) is 13.2. The van der Waals surface area contributed by atoms with Gasteiger partial charge in [0.05, 0.1) is 5.56 Å². The Morgan fingerprint density at radius 3 is 2.33 bits per heavy atom. The van der Waals surface area contributed by atoms with Crippen molar-refractivity contribution in [1.29, 1.82) is 0 Å². The van der Waals surface area contributed by atoms with Gasteiger partial charge in [0.1, 0.15) is 11.5 Å². The molecule has 2 aromatic rings. The van der Waals surface area contributed by atoms with Gasteiger partial charge in [-0.3, -0.25) is 0 Å². The van der Waals surface area contributed by atoms with Crippen LogP contribution in [0.1, 0.15) is 11.1 Å². The molecule has 2 rings (SSSR count). The molecule has 93 valence electrons. The van der Waals surface area contributed by atoms with E-state index in [1.54, 1.807) is 24.3 Å². The average molecular weight is 251 g/mol. The van der Waals surface area contributed by atoms with Gasteiger partial charge in [-0.05, 0) is 37.3 Å². The molecule has 0 fully saturated rings. The molecule has 0 amide bonds. The fourth-order valence-corrected chi connectivity index (χ4v) is 1.46. The summed E-state index contributed by atoms with van der Waals surface area (Å²) >= 11 is 0. The summed E-state index contributed by atoms with van der Waals surface area (Å²) in [5, 5.41) is 0. The molecule has 0 saturated carbocycles. The van der Waals surface area contributed by atoms with Gasteiger partial charge in [-0.1, -0.05) is 23.8 Å². The van der Waals surface area contributed by atoms with Crippen molar-refractivity contribution in [3.8, 4) is 11.5 Å². The van der Waals surface area contributed by atoms with Crippen molar-refractivity contribution in [2.45, 2.75) is 13.1 Å². The lowest BCUT2D eigenvalue weighted by molar-refractivity contribution is -0.138. The highest BCUT2D eigenvalue weighted by Crippen LogP contribution is 2.37. The predicted molar refractivity (Wildman–Crippen MR) is 61.5 cm³/mol. The van der Waals surface area contributed by atoms with Crippen molar-refractivity contribution in [3.05, 3.63) is 59.7 Å². The molecule has 18 heavy (non-hydrogen) atoms. The summed E-state index contributed by atoms with van der Waals surface area (Å²) < 4.78 is 43.4. The maximum absolute atomic E-state index is 12.7. The van der Waals surface area contributed by atoms with Crippen molar-refractivity contribution in [1.82, 2.24) is 0 Å². The summed E-state index contributed by atoms with van der Waals surface area (Å²) in [6, 6.07) is 12.7. The van der Waals surface area contributed by atoms with Crippen LogP contribution in [0.2, 0.25) is 0 Å². The molecular formula is C14H10F3O. The van der Waals surface area contributed by atoms with Crippen molar-refractivity contribution in [3.63, 3.8) is 0 Å². The molecule has 0 unspecified atom stereocenters. The molecule has 0 aliphatic heterocycles. The molecule has 0 bridgehead atoms. The van der Waals surface area contributed by atoms with Crippen LogP contribution in [0, 0.1) is 13.0 Å². The molecular weight excluding hydrogens is 241 g/mol. The van der Waals surface area contributed by atoms with Crippen molar-refractivity contribution >= 4 is 0 Å². The van der Waals surface area contributed by atoms with Gasteiger partial charge in [0, 0.05) is 0 Å². The Kier molecular flexibility index (Phi) is 3.28. The third-order valence-electron chi connectivity index (χ3n) is 2.38. The molecule has 0 spiro atoms. The van der Waals surface area contributed by atoms with E-state index in [0.717, 1.165) is 11.6 Å². The highest BCUT2D eigenvalue weighted by Gasteiger charge is 2.34. The molecule has 4 heteroatoms. The summed E-state index contributed by atoms with van der Waals surface area (Å²) in [7, 11) is 0. The van der Waals surface area contributed by atoms with E-state index in [1.165, 1.54) is 12.1 Å². The molecule has 0 atom stereocenters. The van der Waals surface area contributed by atoms with Crippen LogP contribution in [0.15, 0.2) is 42.5 Å². The zero-order valence-corrected chi connectivity index (χ0v) is 9.58. The lowest BCUT2D eigenvalue weighted by atomic mass is 10.2. The van der Waals surface area contributed by atoms with E-state index in [-0.39, 0.29) is 5.75 Å². The molecule has 0 saturated heterocycles. The van der Waals surface area contributed by atoms with Gasteiger partial charge in [-0.2, -0.15) is 13.2 Å². The first-order chi connectivity index (χ1) is 8.47. The summed E-state index contributed by atoms with van der Waals surface area (Å²) in [6.45, 7) is 1.89. The van der Waals surface area contributed by atoms with Crippen molar-refractivity contribution in [2.75, 3.05) is 0 Å². The van der Waals surface area contributed by atoms with Gasteiger partial charge < -0.3 is 4.74 Å². The second-order valence-electron chi connectivity index (χ2n) is 3.84.